The Hall–Kier alpha value is -2.15. The van der Waals surface area contributed by atoms with Gasteiger partial charge in [-0.3, -0.25) is 0 Å². The minimum absolute atomic E-state index is 0.761. The third kappa shape index (κ3) is 3.15. The molecule has 0 aliphatic heterocycles. The summed E-state index contributed by atoms with van der Waals surface area (Å²) in [6.45, 7) is 4.61. The summed E-state index contributed by atoms with van der Waals surface area (Å²) < 4.78 is 2.43. The molecule has 1 nitrogen and oxygen atoms in total. The summed E-state index contributed by atoms with van der Waals surface area (Å²) in [6.07, 6.45) is 12.5. The van der Waals surface area contributed by atoms with Crippen molar-refractivity contribution < 1.29 is 4.57 Å². The Balaban J connectivity index is 1.53. The van der Waals surface area contributed by atoms with Gasteiger partial charge in [-0.2, -0.15) is 4.57 Å². The minimum Gasteiger partial charge on any atom is -0.198 e. The number of aryl methyl sites for hydroxylation is 2. The van der Waals surface area contributed by atoms with E-state index < -0.39 is 0 Å². The van der Waals surface area contributed by atoms with Crippen LogP contribution in [0, 0.1) is 13.8 Å². The molecule has 0 N–H and O–H groups in total. The molecule has 0 atom stereocenters. The average molecular weight is 411 g/mol. The van der Waals surface area contributed by atoms with E-state index >= 15 is 0 Å². The number of pyridine rings is 1. The Morgan fingerprint density at radius 1 is 0.710 bits per heavy atom. The highest BCUT2D eigenvalue weighted by Crippen LogP contribution is 2.51. The molecule has 31 heavy (non-hydrogen) atoms. The van der Waals surface area contributed by atoms with Gasteiger partial charge in [0, 0.05) is 13.0 Å². The maximum absolute atomic E-state index is 2.59. The van der Waals surface area contributed by atoms with Crippen LogP contribution in [0.4, 0.5) is 0 Å². The number of hydrogen-bond acceptors (Lipinski definition) is 0. The molecular formula is C30H36N+. The lowest BCUT2D eigenvalue weighted by molar-refractivity contribution is -0.665. The van der Waals surface area contributed by atoms with Crippen molar-refractivity contribution in [2.24, 2.45) is 7.05 Å². The zero-order valence-corrected chi connectivity index (χ0v) is 19.5. The highest BCUT2D eigenvalue weighted by atomic mass is 14.9. The molecule has 0 radical (unpaired) electrons. The van der Waals surface area contributed by atoms with E-state index in [1.54, 1.807) is 16.7 Å². The van der Waals surface area contributed by atoms with Crippen molar-refractivity contribution in [1.29, 1.82) is 0 Å². The summed E-state index contributed by atoms with van der Waals surface area (Å²) in [4.78, 5) is 0. The SMILES string of the molecule is Cc1cc2c(cc1-c1c3ccc(C4CCCCC4)cc3cc(C)[n+]1C)C1CCC2CC1. The van der Waals surface area contributed by atoms with Crippen molar-refractivity contribution in [3.05, 3.63) is 64.3 Å². The van der Waals surface area contributed by atoms with Crippen LogP contribution in [-0.2, 0) is 7.05 Å². The fourth-order valence-corrected chi connectivity index (χ4v) is 7.04. The molecule has 0 unspecified atom stereocenters. The summed E-state index contributed by atoms with van der Waals surface area (Å²) in [5.74, 6) is 2.37. The Bertz CT molecular complexity index is 1160. The molecule has 2 saturated carbocycles. The standard InChI is InChI=1S/C30H36N/c1-19-15-28-22-9-11-23(12-10-22)29(28)18-27(19)30-26-14-13-24(21-7-5-4-6-8-21)17-25(26)16-20(2)31(30)3/h13-18,21-23H,4-12H2,1-3H3/q+1. The fourth-order valence-electron chi connectivity index (χ4n) is 7.04. The lowest BCUT2D eigenvalue weighted by Gasteiger charge is -2.38. The zero-order chi connectivity index (χ0) is 21.1. The van der Waals surface area contributed by atoms with E-state index in [2.05, 4.69) is 61.9 Å². The summed E-state index contributed by atoms with van der Waals surface area (Å²) in [5.41, 5.74) is 10.6. The molecule has 0 saturated heterocycles. The molecule has 3 aromatic rings. The molecule has 2 aromatic carbocycles. The number of rotatable bonds is 2. The molecule has 7 rings (SSSR count). The van der Waals surface area contributed by atoms with Gasteiger partial charge in [0.05, 0.1) is 10.9 Å². The number of aromatic nitrogens is 1. The molecule has 4 aliphatic carbocycles. The quantitative estimate of drug-likeness (QED) is 0.380. The summed E-state index contributed by atoms with van der Waals surface area (Å²) in [6, 6.07) is 14.9. The third-order valence-electron chi connectivity index (χ3n) is 8.93. The molecule has 160 valence electrons. The summed E-state index contributed by atoms with van der Waals surface area (Å²) in [7, 11) is 2.25. The van der Waals surface area contributed by atoms with E-state index in [1.807, 2.05) is 0 Å². The van der Waals surface area contributed by atoms with E-state index in [0.717, 1.165) is 17.8 Å². The molecular weight excluding hydrogens is 374 g/mol. The first-order valence-corrected chi connectivity index (χ1v) is 12.7. The van der Waals surface area contributed by atoms with Crippen LogP contribution in [0.3, 0.4) is 0 Å². The van der Waals surface area contributed by atoms with Gasteiger partial charge in [0.25, 0.3) is 0 Å². The monoisotopic (exact) mass is 410 g/mol. The Morgan fingerprint density at radius 3 is 2.10 bits per heavy atom. The Labute approximate surface area is 187 Å². The van der Waals surface area contributed by atoms with Gasteiger partial charge in [-0.1, -0.05) is 37.5 Å². The normalized spacial score (nSPS) is 23.3. The smallest absolute Gasteiger partial charge is 0.198 e. The Morgan fingerprint density at radius 2 is 1.39 bits per heavy atom. The number of benzene rings is 2. The number of hydrogen-bond donors (Lipinski definition) is 0. The molecule has 1 aromatic heterocycles. The van der Waals surface area contributed by atoms with Crippen LogP contribution >= 0.6 is 0 Å². The van der Waals surface area contributed by atoms with Crippen LogP contribution < -0.4 is 4.57 Å². The first-order valence-electron chi connectivity index (χ1n) is 12.7. The molecule has 1 heterocycles. The van der Waals surface area contributed by atoms with Gasteiger partial charge >= 0.3 is 0 Å². The molecule has 1 heteroatoms. The summed E-state index contributed by atoms with van der Waals surface area (Å²) >= 11 is 0. The van der Waals surface area contributed by atoms with Crippen molar-refractivity contribution in [2.75, 3.05) is 0 Å². The largest absolute Gasteiger partial charge is 0.220 e. The average Bonchev–Trinajstić information content (AvgIpc) is 2.81. The van der Waals surface area contributed by atoms with Crippen LogP contribution in [0.2, 0.25) is 0 Å². The first kappa shape index (κ1) is 19.5. The predicted molar refractivity (Wildman–Crippen MR) is 130 cm³/mol. The highest BCUT2D eigenvalue weighted by Gasteiger charge is 2.34. The number of fused-ring (bicyclic) bond motifs is 3. The fraction of sp³-hybridized carbons (Fsp3) is 0.500. The second-order valence-corrected chi connectivity index (χ2v) is 10.7. The van der Waals surface area contributed by atoms with Gasteiger partial charge in [0.15, 0.2) is 5.69 Å². The topological polar surface area (TPSA) is 3.88 Å². The molecule has 0 spiro atoms. The molecule has 2 bridgehead atoms. The van der Waals surface area contributed by atoms with Gasteiger partial charge in [-0.25, -0.2) is 0 Å². The first-order chi connectivity index (χ1) is 15.1. The van der Waals surface area contributed by atoms with Crippen LogP contribution in [0.5, 0.6) is 0 Å². The second kappa shape index (κ2) is 7.47. The predicted octanol–water partition coefficient (Wildman–Crippen LogP) is 7.75. The Kier molecular flexibility index (Phi) is 4.70. The van der Waals surface area contributed by atoms with Crippen molar-refractivity contribution in [3.8, 4) is 11.3 Å². The van der Waals surface area contributed by atoms with Gasteiger partial charge in [0.2, 0.25) is 5.69 Å². The lowest BCUT2D eigenvalue weighted by Crippen LogP contribution is -2.35. The van der Waals surface area contributed by atoms with E-state index in [-0.39, 0.29) is 0 Å². The van der Waals surface area contributed by atoms with Crippen molar-refractivity contribution in [2.45, 2.75) is 89.4 Å². The van der Waals surface area contributed by atoms with Crippen molar-refractivity contribution in [3.63, 3.8) is 0 Å². The zero-order valence-electron chi connectivity index (χ0n) is 19.5. The number of nitrogens with zero attached hydrogens (tertiary/aromatic N) is 1. The van der Waals surface area contributed by atoms with E-state index in [1.165, 1.54) is 91.1 Å². The maximum Gasteiger partial charge on any atom is 0.220 e. The van der Waals surface area contributed by atoms with Gasteiger partial charge in [-0.15, -0.1) is 0 Å². The van der Waals surface area contributed by atoms with Crippen LogP contribution in [-0.4, -0.2) is 0 Å². The van der Waals surface area contributed by atoms with Crippen molar-refractivity contribution in [1.82, 2.24) is 0 Å². The van der Waals surface area contributed by atoms with E-state index in [9.17, 15) is 0 Å². The van der Waals surface area contributed by atoms with Gasteiger partial charge in [-0.05, 0) is 103 Å². The maximum atomic E-state index is 2.59. The molecule has 4 aliphatic rings. The van der Waals surface area contributed by atoms with Crippen molar-refractivity contribution >= 4 is 10.8 Å². The lowest BCUT2D eigenvalue weighted by atomic mass is 9.66. The van der Waals surface area contributed by atoms with E-state index in [4.69, 9.17) is 0 Å². The highest BCUT2D eigenvalue weighted by molar-refractivity contribution is 5.94. The van der Waals surface area contributed by atoms with Crippen LogP contribution in [0.1, 0.15) is 103 Å². The molecule has 2 fully saturated rings. The van der Waals surface area contributed by atoms with Gasteiger partial charge < -0.3 is 0 Å². The van der Waals surface area contributed by atoms with E-state index in [0.29, 0.717) is 0 Å². The second-order valence-electron chi connectivity index (χ2n) is 10.7. The third-order valence-corrected chi connectivity index (χ3v) is 8.93. The summed E-state index contributed by atoms with van der Waals surface area (Å²) in [5, 5.41) is 2.84. The van der Waals surface area contributed by atoms with Crippen LogP contribution in [0.25, 0.3) is 22.0 Å². The van der Waals surface area contributed by atoms with Crippen LogP contribution in [0.15, 0.2) is 36.4 Å². The van der Waals surface area contributed by atoms with Gasteiger partial charge in [0.1, 0.15) is 7.05 Å². The minimum atomic E-state index is 0.761. The molecule has 0 amide bonds.